The summed E-state index contributed by atoms with van der Waals surface area (Å²) in [7, 11) is -1.19. The molecule has 0 bridgehead atoms. The van der Waals surface area contributed by atoms with Crippen LogP contribution in [-0.4, -0.2) is 48.3 Å². The van der Waals surface area contributed by atoms with Gasteiger partial charge in [-0.15, -0.1) is 0 Å². The Morgan fingerprint density at radius 1 is 1.26 bits per heavy atom. The summed E-state index contributed by atoms with van der Waals surface area (Å²) >= 11 is 0. The molecular formula is C17H23N3O2S. The first-order chi connectivity index (χ1) is 11.1. The molecule has 1 atom stereocenters. The van der Waals surface area contributed by atoms with Crippen LogP contribution in [-0.2, 0) is 16.9 Å². The van der Waals surface area contributed by atoms with Gasteiger partial charge in [0.15, 0.2) is 9.84 Å². The SMILES string of the molecule is Cn1ccnc1C1CCCN(CCS(=O)(=O)c2ccccc2)C1. The lowest BCUT2D eigenvalue weighted by Gasteiger charge is -2.32. The molecule has 0 amide bonds. The quantitative estimate of drug-likeness (QED) is 0.840. The van der Waals surface area contributed by atoms with Crippen LogP contribution in [0.2, 0.25) is 0 Å². The minimum Gasteiger partial charge on any atom is -0.338 e. The summed E-state index contributed by atoms with van der Waals surface area (Å²) in [6, 6.07) is 8.71. The summed E-state index contributed by atoms with van der Waals surface area (Å²) in [5.41, 5.74) is 0. The van der Waals surface area contributed by atoms with Crippen molar-refractivity contribution < 1.29 is 8.42 Å². The highest BCUT2D eigenvalue weighted by Crippen LogP contribution is 2.25. The van der Waals surface area contributed by atoms with E-state index in [-0.39, 0.29) is 5.75 Å². The molecule has 1 aromatic heterocycles. The molecule has 0 aliphatic carbocycles. The van der Waals surface area contributed by atoms with Crippen molar-refractivity contribution in [1.29, 1.82) is 0 Å². The molecule has 0 N–H and O–H groups in total. The van der Waals surface area contributed by atoms with E-state index in [0.29, 0.717) is 17.4 Å². The molecule has 1 saturated heterocycles. The zero-order chi connectivity index (χ0) is 16.3. The van der Waals surface area contributed by atoms with E-state index in [2.05, 4.69) is 14.5 Å². The van der Waals surface area contributed by atoms with E-state index in [1.165, 1.54) is 0 Å². The summed E-state index contributed by atoms with van der Waals surface area (Å²) in [5, 5.41) is 0. The Bertz CT molecular complexity index is 740. The second kappa shape index (κ2) is 6.84. The van der Waals surface area contributed by atoms with E-state index in [0.717, 1.165) is 31.8 Å². The van der Waals surface area contributed by atoms with Gasteiger partial charge in [-0.2, -0.15) is 0 Å². The van der Waals surface area contributed by atoms with Crippen LogP contribution in [0.25, 0.3) is 0 Å². The molecule has 1 aliphatic heterocycles. The minimum atomic E-state index is -3.20. The maximum atomic E-state index is 12.4. The first-order valence-electron chi connectivity index (χ1n) is 8.03. The molecular weight excluding hydrogens is 310 g/mol. The fourth-order valence-electron chi connectivity index (χ4n) is 3.23. The van der Waals surface area contributed by atoms with Crippen molar-refractivity contribution in [3.05, 3.63) is 48.5 Å². The van der Waals surface area contributed by atoms with Gasteiger partial charge in [-0.3, -0.25) is 0 Å². The third kappa shape index (κ3) is 3.82. The number of imidazole rings is 1. The molecule has 0 spiro atoms. The lowest BCUT2D eigenvalue weighted by atomic mass is 9.97. The van der Waals surface area contributed by atoms with Gasteiger partial charge in [-0.1, -0.05) is 18.2 Å². The maximum Gasteiger partial charge on any atom is 0.179 e. The summed E-state index contributed by atoms with van der Waals surface area (Å²) in [4.78, 5) is 7.12. The molecule has 1 aromatic carbocycles. The fraction of sp³-hybridized carbons (Fsp3) is 0.471. The smallest absolute Gasteiger partial charge is 0.179 e. The highest BCUT2D eigenvalue weighted by molar-refractivity contribution is 7.91. The molecule has 1 aliphatic rings. The number of likely N-dealkylation sites (tertiary alicyclic amines) is 1. The highest BCUT2D eigenvalue weighted by atomic mass is 32.2. The van der Waals surface area contributed by atoms with E-state index in [9.17, 15) is 8.42 Å². The van der Waals surface area contributed by atoms with E-state index in [1.807, 2.05) is 25.5 Å². The Hall–Kier alpha value is -1.66. The number of sulfone groups is 1. The van der Waals surface area contributed by atoms with Crippen LogP contribution < -0.4 is 0 Å². The van der Waals surface area contributed by atoms with Gasteiger partial charge in [0.25, 0.3) is 0 Å². The molecule has 1 unspecified atom stereocenters. The maximum absolute atomic E-state index is 12.4. The van der Waals surface area contributed by atoms with Gasteiger partial charge in [-0.05, 0) is 31.5 Å². The topological polar surface area (TPSA) is 55.2 Å². The Kier molecular flexibility index (Phi) is 4.82. The van der Waals surface area contributed by atoms with Gasteiger partial charge in [0.05, 0.1) is 10.6 Å². The number of aryl methyl sites for hydroxylation is 1. The van der Waals surface area contributed by atoms with E-state index < -0.39 is 9.84 Å². The second-order valence-electron chi connectivity index (χ2n) is 6.17. The number of benzene rings is 1. The Balaban J connectivity index is 1.61. The Labute approximate surface area is 137 Å². The van der Waals surface area contributed by atoms with Gasteiger partial charge in [0, 0.05) is 38.4 Å². The normalized spacial score (nSPS) is 19.8. The first kappa shape index (κ1) is 16.2. The number of hydrogen-bond donors (Lipinski definition) is 0. The van der Waals surface area contributed by atoms with Crippen molar-refractivity contribution in [2.45, 2.75) is 23.7 Å². The fourth-order valence-corrected chi connectivity index (χ4v) is 4.54. The molecule has 124 valence electrons. The third-order valence-corrected chi connectivity index (χ3v) is 6.22. The highest BCUT2D eigenvalue weighted by Gasteiger charge is 2.25. The Morgan fingerprint density at radius 3 is 2.74 bits per heavy atom. The second-order valence-corrected chi connectivity index (χ2v) is 8.28. The molecule has 0 saturated carbocycles. The molecule has 1 fully saturated rings. The Morgan fingerprint density at radius 2 is 2.04 bits per heavy atom. The van der Waals surface area contributed by atoms with E-state index >= 15 is 0 Å². The van der Waals surface area contributed by atoms with Crippen LogP contribution in [0.5, 0.6) is 0 Å². The predicted molar refractivity (Wildman–Crippen MR) is 90.1 cm³/mol. The minimum absolute atomic E-state index is 0.171. The van der Waals surface area contributed by atoms with Crippen LogP contribution in [0.1, 0.15) is 24.6 Å². The summed E-state index contributed by atoms with van der Waals surface area (Å²) in [6.45, 7) is 2.43. The summed E-state index contributed by atoms with van der Waals surface area (Å²) in [6.07, 6.45) is 6.00. The van der Waals surface area contributed by atoms with Gasteiger partial charge < -0.3 is 9.47 Å². The first-order valence-corrected chi connectivity index (χ1v) is 9.69. The van der Waals surface area contributed by atoms with E-state index in [1.54, 1.807) is 24.3 Å². The molecule has 0 radical (unpaired) electrons. The van der Waals surface area contributed by atoms with Gasteiger partial charge in [-0.25, -0.2) is 13.4 Å². The lowest BCUT2D eigenvalue weighted by molar-refractivity contribution is 0.213. The zero-order valence-electron chi connectivity index (χ0n) is 13.4. The molecule has 5 nitrogen and oxygen atoms in total. The standard InChI is InChI=1S/C17H23N3O2S/c1-19-11-9-18-17(19)15-6-5-10-20(14-15)12-13-23(21,22)16-7-3-2-4-8-16/h2-4,7-9,11,15H,5-6,10,12-14H2,1H3. The van der Waals surface area contributed by atoms with Crippen LogP contribution in [0.15, 0.2) is 47.6 Å². The van der Waals surface area contributed by atoms with Crippen molar-refractivity contribution >= 4 is 9.84 Å². The molecule has 2 aromatic rings. The van der Waals surface area contributed by atoms with Crippen molar-refractivity contribution in [2.24, 2.45) is 7.05 Å². The van der Waals surface area contributed by atoms with Gasteiger partial charge in [0.1, 0.15) is 5.82 Å². The van der Waals surface area contributed by atoms with Gasteiger partial charge in [0.2, 0.25) is 0 Å². The number of hydrogen-bond acceptors (Lipinski definition) is 4. The largest absolute Gasteiger partial charge is 0.338 e. The number of nitrogens with zero attached hydrogens (tertiary/aromatic N) is 3. The van der Waals surface area contributed by atoms with Gasteiger partial charge >= 0.3 is 0 Å². The van der Waals surface area contributed by atoms with Crippen LogP contribution >= 0.6 is 0 Å². The average molecular weight is 333 g/mol. The van der Waals surface area contributed by atoms with Crippen molar-refractivity contribution in [2.75, 3.05) is 25.4 Å². The van der Waals surface area contributed by atoms with Crippen molar-refractivity contribution in [3.8, 4) is 0 Å². The molecule has 3 rings (SSSR count). The molecule has 6 heteroatoms. The van der Waals surface area contributed by atoms with Crippen LogP contribution in [0.4, 0.5) is 0 Å². The number of piperidine rings is 1. The summed E-state index contributed by atoms with van der Waals surface area (Å²) in [5.74, 6) is 1.66. The number of rotatable bonds is 5. The van der Waals surface area contributed by atoms with Crippen molar-refractivity contribution in [1.82, 2.24) is 14.5 Å². The number of aromatic nitrogens is 2. The molecule has 23 heavy (non-hydrogen) atoms. The zero-order valence-corrected chi connectivity index (χ0v) is 14.2. The third-order valence-electron chi connectivity index (χ3n) is 4.51. The van der Waals surface area contributed by atoms with Crippen molar-refractivity contribution in [3.63, 3.8) is 0 Å². The summed E-state index contributed by atoms with van der Waals surface area (Å²) < 4.78 is 26.9. The molecule has 2 heterocycles. The monoisotopic (exact) mass is 333 g/mol. The van der Waals surface area contributed by atoms with Crippen LogP contribution in [0, 0.1) is 0 Å². The van der Waals surface area contributed by atoms with Crippen LogP contribution in [0.3, 0.4) is 0 Å². The average Bonchev–Trinajstić information content (AvgIpc) is 3.00. The van der Waals surface area contributed by atoms with E-state index in [4.69, 9.17) is 0 Å². The lowest BCUT2D eigenvalue weighted by Crippen LogP contribution is -2.38. The predicted octanol–water partition coefficient (Wildman–Crippen LogP) is 2.07.